The van der Waals surface area contributed by atoms with E-state index in [0.717, 1.165) is 25.0 Å². The first-order valence-electron chi connectivity index (χ1n) is 8.44. The molecule has 2 atom stereocenters. The molecule has 0 aromatic heterocycles. The molecule has 0 aliphatic carbocycles. The Bertz CT molecular complexity index is 534. The van der Waals surface area contributed by atoms with Gasteiger partial charge in [-0.05, 0) is 38.3 Å². The van der Waals surface area contributed by atoms with Gasteiger partial charge in [-0.25, -0.2) is 10.2 Å². The number of hydrogen-bond donors (Lipinski definition) is 3. The van der Waals surface area contributed by atoms with Crippen molar-refractivity contribution in [3.8, 4) is 5.75 Å². The van der Waals surface area contributed by atoms with Crippen molar-refractivity contribution in [3.05, 3.63) is 30.3 Å². The summed E-state index contributed by atoms with van der Waals surface area (Å²) < 4.78 is 16.4. The van der Waals surface area contributed by atoms with Crippen LogP contribution in [0.5, 0.6) is 5.75 Å². The average molecular weight is 351 g/mol. The zero-order valence-corrected chi connectivity index (χ0v) is 14.3. The SMILES string of the molecule is C[C@H](OC1CCCCO1)C(=O)NNC(=O)NCCOc1ccccc1. The van der Waals surface area contributed by atoms with Crippen LogP contribution in [0, 0.1) is 0 Å². The van der Waals surface area contributed by atoms with Crippen LogP contribution in [0.4, 0.5) is 4.79 Å². The third-order valence-electron chi connectivity index (χ3n) is 3.56. The van der Waals surface area contributed by atoms with E-state index in [-0.39, 0.29) is 6.29 Å². The number of benzene rings is 1. The molecule has 1 aromatic rings. The van der Waals surface area contributed by atoms with Crippen LogP contribution >= 0.6 is 0 Å². The van der Waals surface area contributed by atoms with Crippen molar-refractivity contribution in [3.63, 3.8) is 0 Å². The van der Waals surface area contributed by atoms with Gasteiger partial charge in [0.05, 0.1) is 6.54 Å². The van der Waals surface area contributed by atoms with Crippen LogP contribution in [0.15, 0.2) is 30.3 Å². The first-order valence-corrected chi connectivity index (χ1v) is 8.44. The highest BCUT2D eigenvalue weighted by molar-refractivity contribution is 5.83. The van der Waals surface area contributed by atoms with Crippen molar-refractivity contribution in [2.75, 3.05) is 19.8 Å². The number of rotatable bonds is 7. The van der Waals surface area contributed by atoms with Crippen LogP contribution < -0.4 is 20.9 Å². The smallest absolute Gasteiger partial charge is 0.333 e. The summed E-state index contributed by atoms with van der Waals surface area (Å²) >= 11 is 0. The van der Waals surface area contributed by atoms with Gasteiger partial charge in [-0.3, -0.25) is 10.2 Å². The summed E-state index contributed by atoms with van der Waals surface area (Å²) in [6.07, 6.45) is 1.72. The fraction of sp³-hybridized carbons (Fsp3) is 0.529. The monoisotopic (exact) mass is 351 g/mol. The van der Waals surface area contributed by atoms with Crippen LogP contribution in [0.25, 0.3) is 0 Å². The van der Waals surface area contributed by atoms with Crippen molar-refractivity contribution >= 4 is 11.9 Å². The van der Waals surface area contributed by atoms with Crippen molar-refractivity contribution in [1.82, 2.24) is 16.2 Å². The molecule has 0 saturated carbocycles. The second kappa shape index (κ2) is 10.5. The molecule has 1 saturated heterocycles. The molecule has 3 amide bonds. The second-order valence-corrected chi connectivity index (χ2v) is 5.61. The number of hydrogen-bond acceptors (Lipinski definition) is 5. The first-order chi connectivity index (χ1) is 12.1. The summed E-state index contributed by atoms with van der Waals surface area (Å²) in [5, 5.41) is 2.57. The number of nitrogens with one attached hydrogen (secondary N) is 3. The van der Waals surface area contributed by atoms with Gasteiger partial charge in [0.1, 0.15) is 18.5 Å². The lowest BCUT2D eigenvalue weighted by Crippen LogP contribution is -2.51. The standard InChI is InChI=1S/C17H25N3O5/c1-13(25-15-9-5-6-11-24-15)16(21)19-20-17(22)18-10-12-23-14-7-3-2-4-8-14/h2-4,7-8,13,15H,5-6,9-12H2,1H3,(H,19,21)(H2,18,20,22)/t13-,15?/m0/s1. The Hall–Kier alpha value is -2.32. The number of urea groups is 1. The van der Waals surface area contributed by atoms with Crippen molar-refractivity contribution in [1.29, 1.82) is 0 Å². The molecule has 138 valence electrons. The minimum absolute atomic E-state index is 0.304. The van der Waals surface area contributed by atoms with Crippen LogP contribution in [-0.2, 0) is 14.3 Å². The Kier molecular flexibility index (Phi) is 8.00. The molecule has 0 radical (unpaired) electrons. The summed E-state index contributed by atoms with van der Waals surface area (Å²) in [4.78, 5) is 23.5. The highest BCUT2D eigenvalue weighted by Crippen LogP contribution is 2.15. The Morgan fingerprint density at radius 1 is 1.24 bits per heavy atom. The summed E-state index contributed by atoms with van der Waals surface area (Å²) in [6, 6.07) is 8.77. The molecule has 1 unspecified atom stereocenters. The molecule has 0 bridgehead atoms. The molecule has 1 aliphatic rings. The predicted molar refractivity (Wildman–Crippen MR) is 90.8 cm³/mol. The van der Waals surface area contributed by atoms with Gasteiger partial charge < -0.3 is 19.5 Å². The minimum atomic E-state index is -0.718. The van der Waals surface area contributed by atoms with Crippen LogP contribution in [0.3, 0.4) is 0 Å². The quantitative estimate of drug-likeness (QED) is 0.508. The van der Waals surface area contributed by atoms with E-state index in [1.165, 1.54) is 0 Å². The van der Waals surface area contributed by atoms with Crippen molar-refractivity contribution in [2.24, 2.45) is 0 Å². The lowest BCUT2D eigenvalue weighted by molar-refractivity contribution is -0.189. The molecule has 8 heteroatoms. The van der Waals surface area contributed by atoms with E-state index in [1.54, 1.807) is 6.92 Å². The molecule has 2 rings (SSSR count). The fourth-order valence-corrected chi connectivity index (χ4v) is 2.22. The molecular weight excluding hydrogens is 326 g/mol. The van der Waals surface area contributed by atoms with E-state index in [0.29, 0.717) is 19.8 Å². The predicted octanol–water partition coefficient (Wildman–Crippen LogP) is 1.33. The van der Waals surface area contributed by atoms with E-state index in [2.05, 4.69) is 16.2 Å². The van der Waals surface area contributed by atoms with E-state index in [1.807, 2.05) is 30.3 Å². The zero-order valence-electron chi connectivity index (χ0n) is 14.3. The van der Waals surface area contributed by atoms with Gasteiger partial charge in [-0.2, -0.15) is 0 Å². The normalized spacial score (nSPS) is 18.0. The Labute approximate surface area is 147 Å². The third kappa shape index (κ3) is 7.40. The molecule has 1 fully saturated rings. The number of carbonyl (C=O) groups is 2. The van der Waals surface area contributed by atoms with Gasteiger partial charge >= 0.3 is 6.03 Å². The van der Waals surface area contributed by atoms with Gasteiger partial charge in [-0.1, -0.05) is 18.2 Å². The maximum atomic E-state index is 11.9. The van der Waals surface area contributed by atoms with E-state index >= 15 is 0 Å². The highest BCUT2D eigenvalue weighted by Gasteiger charge is 2.21. The van der Waals surface area contributed by atoms with E-state index < -0.39 is 18.0 Å². The molecule has 25 heavy (non-hydrogen) atoms. The van der Waals surface area contributed by atoms with Crippen molar-refractivity contribution in [2.45, 2.75) is 38.6 Å². The van der Waals surface area contributed by atoms with E-state index in [4.69, 9.17) is 14.2 Å². The summed E-state index contributed by atoms with van der Waals surface area (Å²) in [5.41, 5.74) is 4.58. The third-order valence-corrected chi connectivity index (χ3v) is 3.56. The summed E-state index contributed by atoms with van der Waals surface area (Å²) in [6.45, 7) is 2.88. The maximum Gasteiger partial charge on any atom is 0.333 e. The van der Waals surface area contributed by atoms with Gasteiger partial charge in [0.15, 0.2) is 6.29 Å². The Balaban J connectivity index is 1.55. The van der Waals surface area contributed by atoms with Crippen LogP contribution in [-0.4, -0.2) is 44.1 Å². The topological polar surface area (TPSA) is 97.9 Å². The molecule has 1 aliphatic heterocycles. The molecule has 3 N–H and O–H groups in total. The molecular formula is C17H25N3O5. The first kappa shape index (κ1) is 19.0. The largest absolute Gasteiger partial charge is 0.492 e. The fourth-order valence-electron chi connectivity index (χ4n) is 2.22. The Morgan fingerprint density at radius 3 is 2.76 bits per heavy atom. The lowest BCUT2D eigenvalue weighted by Gasteiger charge is -2.25. The minimum Gasteiger partial charge on any atom is -0.492 e. The van der Waals surface area contributed by atoms with Gasteiger partial charge in [0.2, 0.25) is 0 Å². The molecule has 1 heterocycles. The van der Waals surface area contributed by atoms with Crippen molar-refractivity contribution < 1.29 is 23.8 Å². The van der Waals surface area contributed by atoms with Crippen LogP contribution in [0.1, 0.15) is 26.2 Å². The average Bonchev–Trinajstić information content (AvgIpc) is 2.65. The number of amides is 3. The molecule has 1 aromatic carbocycles. The highest BCUT2D eigenvalue weighted by atomic mass is 16.7. The van der Waals surface area contributed by atoms with Gasteiger partial charge in [0, 0.05) is 6.61 Å². The van der Waals surface area contributed by atoms with Crippen LogP contribution in [0.2, 0.25) is 0 Å². The number of hydrazine groups is 1. The molecule has 8 nitrogen and oxygen atoms in total. The second-order valence-electron chi connectivity index (χ2n) is 5.61. The lowest BCUT2D eigenvalue weighted by atomic mass is 10.2. The number of ether oxygens (including phenoxy) is 3. The molecule has 0 spiro atoms. The van der Waals surface area contributed by atoms with E-state index in [9.17, 15) is 9.59 Å². The number of para-hydroxylation sites is 1. The number of carbonyl (C=O) groups excluding carboxylic acids is 2. The zero-order chi connectivity index (χ0) is 17.9. The summed E-state index contributed by atoms with van der Waals surface area (Å²) in [5.74, 6) is 0.291. The Morgan fingerprint density at radius 2 is 2.04 bits per heavy atom. The summed E-state index contributed by atoms with van der Waals surface area (Å²) in [7, 11) is 0. The van der Waals surface area contributed by atoms with Gasteiger partial charge in [0.25, 0.3) is 5.91 Å². The van der Waals surface area contributed by atoms with Gasteiger partial charge in [-0.15, -0.1) is 0 Å². The maximum absolute atomic E-state index is 11.9.